The first-order valence-corrected chi connectivity index (χ1v) is 5.73. The van der Waals surface area contributed by atoms with Crippen molar-refractivity contribution in [2.45, 2.75) is 57.0 Å². The van der Waals surface area contributed by atoms with E-state index in [4.69, 9.17) is 5.73 Å². The predicted octanol–water partition coefficient (Wildman–Crippen LogP) is 1.59. The predicted molar refractivity (Wildman–Crippen MR) is 63.0 cm³/mol. The molecule has 15 heavy (non-hydrogen) atoms. The third-order valence-electron chi connectivity index (χ3n) is 3.63. The summed E-state index contributed by atoms with van der Waals surface area (Å²) in [7, 11) is 0. The van der Waals surface area contributed by atoms with Crippen molar-refractivity contribution in [3.05, 3.63) is 0 Å². The summed E-state index contributed by atoms with van der Waals surface area (Å²) in [5.41, 5.74) is 5.98. The lowest BCUT2D eigenvalue weighted by molar-refractivity contribution is -0.134. The summed E-state index contributed by atoms with van der Waals surface area (Å²) < 4.78 is 0. The summed E-state index contributed by atoms with van der Waals surface area (Å²) in [6, 6.07) is -0.288. The molecule has 3 N–H and O–H groups in total. The van der Waals surface area contributed by atoms with Gasteiger partial charge in [-0.3, -0.25) is 4.79 Å². The molecule has 0 spiro atoms. The van der Waals surface area contributed by atoms with Crippen molar-refractivity contribution in [2.75, 3.05) is 0 Å². The first-order valence-electron chi connectivity index (χ1n) is 5.73. The van der Waals surface area contributed by atoms with Crippen LogP contribution in [0.15, 0.2) is 0 Å². The van der Waals surface area contributed by atoms with Crippen LogP contribution in [0.1, 0.15) is 45.4 Å². The minimum atomic E-state index is -0.288. The molecule has 2 bridgehead atoms. The van der Waals surface area contributed by atoms with Crippen LogP contribution in [-0.4, -0.2) is 17.5 Å². The molecular formula is C11H21ClN2O. The maximum Gasteiger partial charge on any atom is 0.237 e. The highest BCUT2D eigenvalue weighted by atomic mass is 35.5. The van der Waals surface area contributed by atoms with Crippen LogP contribution in [0.5, 0.6) is 0 Å². The molecule has 0 aromatic heterocycles. The number of halogens is 1. The molecular weight excluding hydrogens is 212 g/mol. The molecule has 3 aliphatic rings. The molecule has 3 nitrogen and oxygen atoms in total. The Balaban J connectivity index is 0.00000112. The highest BCUT2D eigenvalue weighted by Gasteiger charge is 2.57. The first kappa shape index (κ1) is 12.8. The quantitative estimate of drug-likeness (QED) is 0.757. The molecule has 3 fully saturated rings. The lowest BCUT2D eigenvalue weighted by atomic mass is 9.50. The second kappa shape index (κ2) is 4.71. The fraction of sp³-hybridized carbons (Fsp3) is 0.909. The van der Waals surface area contributed by atoms with E-state index in [0.29, 0.717) is 0 Å². The van der Waals surface area contributed by atoms with Crippen LogP contribution in [0, 0.1) is 5.92 Å². The van der Waals surface area contributed by atoms with Crippen molar-refractivity contribution in [2.24, 2.45) is 11.7 Å². The van der Waals surface area contributed by atoms with Crippen LogP contribution in [0.4, 0.5) is 0 Å². The van der Waals surface area contributed by atoms with Crippen LogP contribution in [0.2, 0.25) is 0 Å². The molecule has 0 heterocycles. The number of carbonyl (C=O) groups excluding carboxylic acids is 1. The van der Waals surface area contributed by atoms with Crippen molar-refractivity contribution >= 4 is 18.3 Å². The molecule has 4 heteroatoms. The highest BCUT2D eigenvalue weighted by Crippen LogP contribution is 2.56. The Morgan fingerprint density at radius 2 is 2.13 bits per heavy atom. The minimum absolute atomic E-state index is 0. The first-order chi connectivity index (χ1) is 6.65. The standard InChI is InChI=1S/C11H20N2O.ClH/c1-2-3-4-9(12)10(14)13-11-5-8(6-11)7-11;/h8-9H,2-7,12H2,1H3,(H,13,14);1H/t8?,9-,11?;/m1./s1. The largest absolute Gasteiger partial charge is 0.349 e. The van der Waals surface area contributed by atoms with Crippen molar-refractivity contribution < 1.29 is 4.79 Å². The summed E-state index contributed by atoms with van der Waals surface area (Å²) >= 11 is 0. The molecule has 88 valence electrons. The van der Waals surface area contributed by atoms with E-state index in [1.807, 2.05) is 0 Å². The topological polar surface area (TPSA) is 55.1 Å². The fourth-order valence-corrected chi connectivity index (χ4v) is 2.54. The SMILES string of the molecule is CCCC[C@@H](N)C(=O)NC12CC(C1)C2.Cl. The van der Waals surface area contributed by atoms with Gasteiger partial charge in [0.1, 0.15) is 0 Å². The van der Waals surface area contributed by atoms with E-state index in [1.54, 1.807) is 0 Å². The van der Waals surface area contributed by atoms with Crippen LogP contribution >= 0.6 is 12.4 Å². The Morgan fingerprint density at radius 1 is 1.53 bits per heavy atom. The zero-order valence-electron chi connectivity index (χ0n) is 9.29. The zero-order chi connectivity index (χ0) is 10.2. The Morgan fingerprint density at radius 3 is 2.53 bits per heavy atom. The molecule has 0 aliphatic heterocycles. The molecule has 3 rings (SSSR count). The van der Waals surface area contributed by atoms with Gasteiger partial charge in [-0.15, -0.1) is 12.4 Å². The number of rotatable bonds is 5. The van der Waals surface area contributed by atoms with Gasteiger partial charge in [0.15, 0.2) is 0 Å². The number of hydrogen-bond donors (Lipinski definition) is 2. The van der Waals surface area contributed by atoms with Gasteiger partial charge in [-0.1, -0.05) is 19.8 Å². The lowest BCUT2D eigenvalue weighted by Crippen LogP contribution is -2.69. The van der Waals surface area contributed by atoms with Gasteiger partial charge < -0.3 is 11.1 Å². The summed E-state index contributed by atoms with van der Waals surface area (Å²) in [5.74, 6) is 0.971. The Labute approximate surface area is 97.6 Å². The van der Waals surface area contributed by atoms with Gasteiger partial charge in [-0.25, -0.2) is 0 Å². The van der Waals surface area contributed by atoms with Gasteiger partial charge in [0, 0.05) is 5.54 Å². The third-order valence-corrected chi connectivity index (χ3v) is 3.63. The molecule has 0 radical (unpaired) electrons. The second-order valence-electron chi connectivity index (χ2n) is 5.00. The number of nitrogens with two attached hydrogens (primary N) is 1. The Kier molecular flexibility index (Phi) is 4.01. The maximum atomic E-state index is 11.6. The molecule has 1 atom stereocenters. The van der Waals surface area contributed by atoms with E-state index in [1.165, 1.54) is 19.3 Å². The minimum Gasteiger partial charge on any atom is -0.349 e. The Bertz CT molecular complexity index is 228. The van der Waals surface area contributed by atoms with Crippen LogP contribution in [-0.2, 0) is 4.79 Å². The van der Waals surface area contributed by atoms with E-state index in [2.05, 4.69) is 12.2 Å². The number of amides is 1. The molecule has 1 amide bonds. The average Bonchev–Trinajstić information content (AvgIpc) is 2.04. The molecule has 0 aromatic rings. The lowest BCUT2D eigenvalue weighted by Gasteiger charge is -2.62. The van der Waals surface area contributed by atoms with Gasteiger partial charge in [-0.2, -0.15) is 0 Å². The van der Waals surface area contributed by atoms with Gasteiger partial charge >= 0.3 is 0 Å². The molecule has 0 aromatic carbocycles. The van der Waals surface area contributed by atoms with E-state index < -0.39 is 0 Å². The average molecular weight is 233 g/mol. The van der Waals surface area contributed by atoms with E-state index in [9.17, 15) is 4.79 Å². The van der Waals surface area contributed by atoms with Gasteiger partial charge in [0.05, 0.1) is 6.04 Å². The van der Waals surface area contributed by atoms with Crippen LogP contribution in [0.3, 0.4) is 0 Å². The number of unbranched alkanes of at least 4 members (excludes halogenated alkanes) is 1. The molecule has 3 aliphatic carbocycles. The van der Waals surface area contributed by atoms with E-state index in [-0.39, 0.29) is 29.9 Å². The summed E-state index contributed by atoms with van der Waals surface area (Å²) in [6.07, 6.45) is 6.55. The molecule has 3 saturated carbocycles. The number of carbonyl (C=O) groups is 1. The van der Waals surface area contributed by atoms with Crippen LogP contribution < -0.4 is 11.1 Å². The summed E-state index contributed by atoms with van der Waals surface area (Å²) in [5, 5.41) is 3.10. The van der Waals surface area contributed by atoms with Crippen molar-refractivity contribution in [1.29, 1.82) is 0 Å². The van der Waals surface area contributed by atoms with E-state index >= 15 is 0 Å². The zero-order valence-corrected chi connectivity index (χ0v) is 10.1. The van der Waals surface area contributed by atoms with Crippen molar-refractivity contribution in [3.63, 3.8) is 0 Å². The van der Waals surface area contributed by atoms with Crippen LogP contribution in [0.25, 0.3) is 0 Å². The molecule has 0 unspecified atom stereocenters. The van der Waals surface area contributed by atoms with E-state index in [0.717, 1.165) is 25.2 Å². The number of nitrogens with one attached hydrogen (secondary N) is 1. The van der Waals surface area contributed by atoms with Gasteiger partial charge in [-0.05, 0) is 31.6 Å². The van der Waals surface area contributed by atoms with Gasteiger partial charge in [0.2, 0.25) is 5.91 Å². The van der Waals surface area contributed by atoms with Crippen molar-refractivity contribution in [3.8, 4) is 0 Å². The number of hydrogen-bond acceptors (Lipinski definition) is 2. The summed E-state index contributed by atoms with van der Waals surface area (Å²) in [6.45, 7) is 2.12. The normalized spacial score (nSPS) is 33.1. The third kappa shape index (κ3) is 2.45. The highest BCUT2D eigenvalue weighted by molar-refractivity contribution is 5.85. The maximum absolute atomic E-state index is 11.6. The molecule has 0 saturated heterocycles. The van der Waals surface area contributed by atoms with Crippen molar-refractivity contribution in [1.82, 2.24) is 5.32 Å². The monoisotopic (exact) mass is 232 g/mol. The second-order valence-corrected chi connectivity index (χ2v) is 5.00. The summed E-state index contributed by atoms with van der Waals surface area (Å²) in [4.78, 5) is 11.6. The Hall–Kier alpha value is -0.280. The fourth-order valence-electron chi connectivity index (χ4n) is 2.54. The van der Waals surface area contributed by atoms with Gasteiger partial charge in [0.25, 0.3) is 0 Å². The smallest absolute Gasteiger partial charge is 0.237 e.